The molecule has 8 nitrogen and oxygen atoms in total. The Hall–Kier alpha value is -3.55. The monoisotopic (exact) mass is 408 g/mol. The maximum absolute atomic E-state index is 12.2. The van der Waals surface area contributed by atoms with E-state index in [9.17, 15) is 4.79 Å². The molecule has 4 aromatic rings. The van der Waals surface area contributed by atoms with E-state index in [-0.39, 0.29) is 5.69 Å². The smallest absolute Gasteiger partial charge is 0.326 e. The summed E-state index contributed by atoms with van der Waals surface area (Å²) in [6.45, 7) is 7.63. The largest absolute Gasteiger partial charge is 0.490 e. The number of rotatable bonds is 8. The molecule has 0 atom stereocenters. The van der Waals surface area contributed by atoms with Crippen LogP contribution < -0.4 is 15.2 Å². The van der Waals surface area contributed by atoms with Gasteiger partial charge in [-0.25, -0.2) is 4.79 Å². The summed E-state index contributed by atoms with van der Waals surface area (Å²) in [5, 5.41) is 4.11. The standard InChI is InChI=1S/C22H24N4O4/c1-4-11-26-17-9-7-14(12-16(17)23-22(26)27)20-24-21(30-25-20)15-8-10-18(28-5-2)19(13-15)29-6-3/h7-10,12-13H,4-6,11H2,1-3H3,(H,23,27). The van der Waals surface area contributed by atoms with E-state index in [2.05, 4.69) is 15.1 Å². The van der Waals surface area contributed by atoms with Gasteiger partial charge in [0.15, 0.2) is 11.5 Å². The first kappa shape index (κ1) is 19.8. The van der Waals surface area contributed by atoms with Crippen molar-refractivity contribution in [2.24, 2.45) is 0 Å². The molecule has 0 aliphatic heterocycles. The lowest BCUT2D eigenvalue weighted by atomic mass is 10.1. The van der Waals surface area contributed by atoms with Crippen molar-refractivity contribution in [2.75, 3.05) is 13.2 Å². The Morgan fingerprint density at radius 2 is 1.77 bits per heavy atom. The second-order valence-corrected chi connectivity index (χ2v) is 6.76. The second kappa shape index (κ2) is 8.44. The van der Waals surface area contributed by atoms with E-state index < -0.39 is 0 Å². The molecule has 0 saturated carbocycles. The Bertz CT molecular complexity index is 1220. The Morgan fingerprint density at radius 1 is 1.00 bits per heavy atom. The third-order valence-electron chi connectivity index (χ3n) is 4.70. The molecule has 0 aliphatic rings. The van der Waals surface area contributed by atoms with E-state index in [0.29, 0.717) is 43.0 Å². The quantitative estimate of drug-likeness (QED) is 0.468. The molecule has 2 aromatic heterocycles. The lowest BCUT2D eigenvalue weighted by Gasteiger charge is -2.11. The van der Waals surface area contributed by atoms with Crippen LogP contribution in [-0.4, -0.2) is 32.9 Å². The van der Waals surface area contributed by atoms with Crippen LogP contribution in [0.4, 0.5) is 0 Å². The molecule has 2 aromatic carbocycles. The number of aryl methyl sites for hydroxylation is 1. The molecule has 0 radical (unpaired) electrons. The molecular formula is C22H24N4O4. The molecule has 2 heterocycles. The number of aromatic nitrogens is 4. The van der Waals surface area contributed by atoms with Crippen molar-refractivity contribution in [3.05, 3.63) is 46.9 Å². The van der Waals surface area contributed by atoms with Crippen molar-refractivity contribution >= 4 is 11.0 Å². The van der Waals surface area contributed by atoms with E-state index in [4.69, 9.17) is 14.0 Å². The minimum atomic E-state index is -0.115. The summed E-state index contributed by atoms with van der Waals surface area (Å²) in [5.74, 6) is 2.13. The minimum absolute atomic E-state index is 0.115. The molecule has 0 fully saturated rings. The SMILES string of the molecule is CCCn1c(=O)[nH]c2cc(-c3noc(-c4ccc(OCC)c(OCC)c4)n3)ccc21. The molecular weight excluding hydrogens is 384 g/mol. The van der Waals surface area contributed by atoms with Gasteiger partial charge in [0.2, 0.25) is 5.82 Å². The van der Waals surface area contributed by atoms with Crippen molar-refractivity contribution in [2.45, 2.75) is 33.7 Å². The number of hydrogen-bond donors (Lipinski definition) is 1. The highest BCUT2D eigenvalue weighted by atomic mass is 16.5. The van der Waals surface area contributed by atoms with Gasteiger partial charge in [-0.1, -0.05) is 12.1 Å². The number of fused-ring (bicyclic) bond motifs is 1. The molecule has 0 aliphatic carbocycles. The van der Waals surface area contributed by atoms with Crippen LogP contribution >= 0.6 is 0 Å². The molecule has 0 spiro atoms. The topological polar surface area (TPSA) is 95.2 Å². The van der Waals surface area contributed by atoms with Gasteiger partial charge in [-0.3, -0.25) is 4.57 Å². The van der Waals surface area contributed by atoms with Gasteiger partial charge in [0.05, 0.1) is 24.2 Å². The van der Waals surface area contributed by atoms with Crippen LogP contribution in [0.2, 0.25) is 0 Å². The predicted octanol–water partition coefficient (Wildman–Crippen LogP) is 4.25. The number of H-pyrrole nitrogens is 1. The Morgan fingerprint density at radius 3 is 2.53 bits per heavy atom. The lowest BCUT2D eigenvalue weighted by molar-refractivity contribution is 0.288. The molecule has 1 N–H and O–H groups in total. The zero-order chi connectivity index (χ0) is 21.1. The number of aromatic amines is 1. The Labute approximate surface area is 173 Å². The molecule has 8 heteroatoms. The van der Waals surface area contributed by atoms with Crippen molar-refractivity contribution in [1.82, 2.24) is 19.7 Å². The van der Waals surface area contributed by atoms with E-state index in [1.807, 2.05) is 57.2 Å². The zero-order valence-electron chi connectivity index (χ0n) is 17.3. The summed E-state index contributed by atoms with van der Waals surface area (Å²) in [6, 6.07) is 11.2. The van der Waals surface area contributed by atoms with Gasteiger partial charge in [0.25, 0.3) is 5.89 Å². The first-order valence-corrected chi connectivity index (χ1v) is 10.1. The fourth-order valence-electron chi connectivity index (χ4n) is 3.39. The summed E-state index contributed by atoms with van der Waals surface area (Å²) in [6.07, 6.45) is 0.884. The van der Waals surface area contributed by atoms with Crippen molar-refractivity contribution in [3.63, 3.8) is 0 Å². The van der Waals surface area contributed by atoms with Gasteiger partial charge in [0.1, 0.15) is 0 Å². The van der Waals surface area contributed by atoms with Gasteiger partial charge in [-0.2, -0.15) is 4.98 Å². The van der Waals surface area contributed by atoms with E-state index in [0.717, 1.165) is 28.6 Å². The summed E-state index contributed by atoms with van der Waals surface area (Å²) >= 11 is 0. The fraction of sp³-hybridized carbons (Fsp3) is 0.318. The van der Waals surface area contributed by atoms with Gasteiger partial charge < -0.3 is 19.0 Å². The van der Waals surface area contributed by atoms with Gasteiger partial charge in [-0.15, -0.1) is 0 Å². The average molecular weight is 408 g/mol. The maximum atomic E-state index is 12.2. The fourth-order valence-corrected chi connectivity index (χ4v) is 3.39. The highest BCUT2D eigenvalue weighted by Gasteiger charge is 2.15. The van der Waals surface area contributed by atoms with Crippen LogP contribution in [0.15, 0.2) is 45.7 Å². The number of nitrogens with one attached hydrogen (secondary N) is 1. The average Bonchev–Trinajstić information content (AvgIpc) is 3.35. The molecule has 30 heavy (non-hydrogen) atoms. The minimum Gasteiger partial charge on any atom is -0.490 e. The molecule has 156 valence electrons. The molecule has 4 rings (SSSR count). The number of nitrogens with zero attached hydrogens (tertiary/aromatic N) is 3. The van der Waals surface area contributed by atoms with Crippen molar-refractivity contribution < 1.29 is 14.0 Å². The van der Waals surface area contributed by atoms with Gasteiger partial charge >= 0.3 is 5.69 Å². The third-order valence-corrected chi connectivity index (χ3v) is 4.70. The number of imidazole rings is 1. The van der Waals surface area contributed by atoms with E-state index in [1.165, 1.54) is 0 Å². The van der Waals surface area contributed by atoms with Gasteiger partial charge in [-0.05, 0) is 56.7 Å². The van der Waals surface area contributed by atoms with Crippen molar-refractivity contribution in [1.29, 1.82) is 0 Å². The molecule has 0 saturated heterocycles. The molecule has 0 bridgehead atoms. The van der Waals surface area contributed by atoms with Gasteiger partial charge in [0, 0.05) is 17.7 Å². The molecule has 0 unspecified atom stereocenters. The van der Waals surface area contributed by atoms with Crippen LogP contribution in [0.5, 0.6) is 11.5 Å². The van der Waals surface area contributed by atoms with Crippen LogP contribution in [0.3, 0.4) is 0 Å². The maximum Gasteiger partial charge on any atom is 0.326 e. The lowest BCUT2D eigenvalue weighted by Crippen LogP contribution is -2.16. The summed E-state index contributed by atoms with van der Waals surface area (Å²) < 4.78 is 18.5. The predicted molar refractivity (Wildman–Crippen MR) is 114 cm³/mol. The third kappa shape index (κ3) is 3.68. The Kier molecular flexibility index (Phi) is 5.56. The second-order valence-electron chi connectivity index (χ2n) is 6.76. The summed E-state index contributed by atoms with van der Waals surface area (Å²) in [5.41, 5.74) is 3.00. The normalized spacial score (nSPS) is 11.2. The van der Waals surface area contributed by atoms with Crippen molar-refractivity contribution in [3.8, 4) is 34.3 Å². The van der Waals surface area contributed by atoms with E-state index >= 15 is 0 Å². The van der Waals surface area contributed by atoms with Crippen LogP contribution in [0.1, 0.15) is 27.2 Å². The number of hydrogen-bond acceptors (Lipinski definition) is 6. The first-order chi connectivity index (χ1) is 14.6. The summed E-state index contributed by atoms with van der Waals surface area (Å²) in [4.78, 5) is 19.6. The van der Waals surface area contributed by atoms with Crippen LogP contribution in [0.25, 0.3) is 33.9 Å². The highest BCUT2D eigenvalue weighted by molar-refractivity contribution is 5.80. The number of benzene rings is 2. The highest BCUT2D eigenvalue weighted by Crippen LogP contribution is 2.33. The summed E-state index contributed by atoms with van der Waals surface area (Å²) in [7, 11) is 0. The zero-order valence-corrected chi connectivity index (χ0v) is 17.3. The van der Waals surface area contributed by atoms with Crippen LogP contribution in [0, 0.1) is 0 Å². The Balaban J connectivity index is 1.67. The van der Waals surface area contributed by atoms with Crippen LogP contribution in [-0.2, 0) is 6.54 Å². The van der Waals surface area contributed by atoms with E-state index in [1.54, 1.807) is 4.57 Å². The first-order valence-electron chi connectivity index (χ1n) is 10.1. The number of ether oxygens (including phenoxy) is 2. The molecule has 0 amide bonds.